The zero-order chi connectivity index (χ0) is 17.6. The predicted molar refractivity (Wildman–Crippen MR) is 91.4 cm³/mol. The molecule has 7 nitrogen and oxygen atoms in total. The predicted octanol–water partition coefficient (Wildman–Crippen LogP) is 2.69. The van der Waals surface area contributed by atoms with Crippen molar-refractivity contribution in [3.63, 3.8) is 0 Å². The second-order valence-corrected chi connectivity index (χ2v) is 6.74. The summed E-state index contributed by atoms with van der Waals surface area (Å²) in [6.45, 7) is 5.93. The number of nitrogens with zero attached hydrogens (tertiary/aromatic N) is 4. The molecule has 1 amide bonds. The first-order valence-corrected chi connectivity index (χ1v) is 8.74. The van der Waals surface area contributed by atoms with Gasteiger partial charge in [0.25, 0.3) is 5.89 Å². The van der Waals surface area contributed by atoms with Gasteiger partial charge in [-0.25, -0.2) is 0 Å². The average Bonchev–Trinajstić information content (AvgIpc) is 3.10. The molecule has 3 rings (SSSR count). The maximum atomic E-state index is 12.1. The summed E-state index contributed by atoms with van der Waals surface area (Å²) < 4.78 is 11.1. The smallest absolute Gasteiger partial charge is 0.252 e. The fourth-order valence-corrected chi connectivity index (χ4v) is 2.87. The van der Waals surface area contributed by atoms with E-state index in [1.54, 1.807) is 12.4 Å². The molecule has 0 aromatic carbocycles. The molecule has 0 atom stereocenters. The van der Waals surface area contributed by atoms with Gasteiger partial charge in [-0.2, -0.15) is 4.98 Å². The van der Waals surface area contributed by atoms with Gasteiger partial charge in [0.1, 0.15) is 6.61 Å². The number of aromatic nitrogens is 3. The summed E-state index contributed by atoms with van der Waals surface area (Å²) in [5.74, 6) is 1.64. The minimum absolute atomic E-state index is 0.124. The van der Waals surface area contributed by atoms with Gasteiger partial charge >= 0.3 is 0 Å². The summed E-state index contributed by atoms with van der Waals surface area (Å²) in [4.78, 5) is 22.3. The topological polar surface area (TPSA) is 81.4 Å². The Bertz CT molecular complexity index is 679. The van der Waals surface area contributed by atoms with E-state index in [4.69, 9.17) is 9.26 Å². The SMILES string of the molecule is CC(C)CC(=O)N1CCC(OCc2nc(-c3ccncc3)no2)CC1. The van der Waals surface area contributed by atoms with Crippen molar-refractivity contribution in [3.8, 4) is 11.4 Å². The van der Waals surface area contributed by atoms with Crippen LogP contribution in [-0.4, -0.2) is 45.1 Å². The quantitative estimate of drug-likeness (QED) is 0.801. The van der Waals surface area contributed by atoms with Gasteiger partial charge in [0.05, 0.1) is 6.10 Å². The molecule has 0 spiro atoms. The van der Waals surface area contributed by atoms with Crippen LogP contribution in [-0.2, 0) is 16.1 Å². The lowest BCUT2D eigenvalue weighted by molar-refractivity contribution is -0.134. The maximum Gasteiger partial charge on any atom is 0.252 e. The molecule has 2 aromatic rings. The molecule has 7 heteroatoms. The first kappa shape index (κ1) is 17.5. The van der Waals surface area contributed by atoms with Crippen LogP contribution in [0.25, 0.3) is 11.4 Å². The van der Waals surface area contributed by atoms with Crippen LogP contribution in [0.3, 0.4) is 0 Å². The van der Waals surface area contributed by atoms with E-state index in [2.05, 4.69) is 29.0 Å². The summed E-state index contributed by atoms with van der Waals surface area (Å²) in [5, 5.41) is 3.97. The maximum absolute atomic E-state index is 12.1. The van der Waals surface area contributed by atoms with Crippen LogP contribution in [0.4, 0.5) is 0 Å². The number of amides is 1. The van der Waals surface area contributed by atoms with Crippen molar-refractivity contribution in [3.05, 3.63) is 30.4 Å². The van der Waals surface area contributed by atoms with E-state index < -0.39 is 0 Å². The molecule has 0 saturated carbocycles. The molecule has 1 aliphatic rings. The Balaban J connectivity index is 1.45. The lowest BCUT2D eigenvalue weighted by Crippen LogP contribution is -2.41. The Morgan fingerprint density at radius 2 is 2.04 bits per heavy atom. The van der Waals surface area contributed by atoms with E-state index in [1.807, 2.05) is 17.0 Å². The van der Waals surface area contributed by atoms with Crippen molar-refractivity contribution in [2.45, 2.75) is 45.8 Å². The lowest BCUT2D eigenvalue weighted by atomic mass is 10.1. The number of hydrogen-bond acceptors (Lipinski definition) is 6. The number of rotatable bonds is 6. The van der Waals surface area contributed by atoms with Crippen LogP contribution in [0.2, 0.25) is 0 Å². The van der Waals surface area contributed by atoms with Crippen molar-refractivity contribution >= 4 is 5.91 Å². The van der Waals surface area contributed by atoms with Crippen LogP contribution < -0.4 is 0 Å². The van der Waals surface area contributed by atoms with Crippen LogP contribution in [0.1, 0.15) is 39.0 Å². The van der Waals surface area contributed by atoms with Crippen LogP contribution in [0, 0.1) is 5.92 Å². The Labute approximate surface area is 147 Å². The molecular formula is C18H24N4O3. The number of hydrogen-bond donors (Lipinski definition) is 0. The van der Waals surface area contributed by atoms with Crippen LogP contribution in [0.5, 0.6) is 0 Å². The molecule has 0 bridgehead atoms. The first-order chi connectivity index (χ1) is 12.1. The fourth-order valence-electron chi connectivity index (χ4n) is 2.87. The van der Waals surface area contributed by atoms with Crippen LogP contribution >= 0.6 is 0 Å². The Kier molecular flexibility index (Phi) is 5.75. The van der Waals surface area contributed by atoms with Gasteiger partial charge in [0.2, 0.25) is 11.7 Å². The van der Waals surface area contributed by atoms with Crippen LogP contribution in [0.15, 0.2) is 29.0 Å². The van der Waals surface area contributed by atoms with Crippen molar-refractivity contribution in [1.29, 1.82) is 0 Å². The fraction of sp³-hybridized carbons (Fsp3) is 0.556. The third-order valence-electron chi connectivity index (χ3n) is 4.23. The number of ether oxygens (including phenoxy) is 1. The van der Waals surface area contributed by atoms with E-state index in [0.717, 1.165) is 31.5 Å². The van der Waals surface area contributed by atoms with Crippen molar-refractivity contribution in [2.75, 3.05) is 13.1 Å². The zero-order valence-electron chi connectivity index (χ0n) is 14.7. The number of carbonyl (C=O) groups is 1. The highest BCUT2D eigenvalue weighted by Gasteiger charge is 2.24. The molecule has 1 fully saturated rings. The minimum Gasteiger partial charge on any atom is -0.368 e. The highest BCUT2D eigenvalue weighted by molar-refractivity contribution is 5.76. The first-order valence-electron chi connectivity index (χ1n) is 8.74. The monoisotopic (exact) mass is 344 g/mol. The van der Waals surface area contributed by atoms with Crippen molar-refractivity contribution < 1.29 is 14.1 Å². The second-order valence-electron chi connectivity index (χ2n) is 6.74. The molecule has 3 heterocycles. The number of pyridine rings is 1. The second kappa shape index (κ2) is 8.20. The zero-order valence-corrected chi connectivity index (χ0v) is 14.7. The molecule has 134 valence electrons. The van der Waals surface area contributed by atoms with Gasteiger partial charge in [0, 0.05) is 37.5 Å². The summed E-state index contributed by atoms with van der Waals surface area (Å²) in [5.41, 5.74) is 0.863. The van der Waals surface area contributed by atoms with Gasteiger partial charge in [0.15, 0.2) is 0 Å². The van der Waals surface area contributed by atoms with E-state index in [-0.39, 0.29) is 12.0 Å². The summed E-state index contributed by atoms with van der Waals surface area (Å²) >= 11 is 0. The van der Waals surface area contributed by atoms with Gasteiger partial charge in [-0.05, 0) is 30.9 Å². The van der Waals surface area contributed by atoms with Gasteiger partial charge in [-0.3, -0.25) is 9.78 Å². The van der Waals surface area contributed by atoms with Crippen molar-refractivity contribution in [1.82, 2.24) is 20.0 Å². The minimum atomic E-state index is 0.124. The van der Waals surface area contributed by atoms with Gasteiger partial charge < -0.3 is 14.2 Å². The number of carbonyl (C=O) groups excluding carboxylic acids is 1. The Morgan fingerprint density at radius 3 is 2.72 bits per heavy atom. The number of piperidine rings is 1. The molecule has 0 unspecified atom stereocenters. The highest BCUT2D eigenvalue weighted by Crippen LogP contribution is 2.18. The average molecular weight is 344 g/mol. The lowest BCUT2D eigenvalue weighted by Gasteiger charge is -2.32. The van der Waals surface area contributed by atoms with E-state index in [1.165, 1.54) is 0 Å². The van der Waals surface area contributed by atoms with E-state index >= 15 is 0 Å². The van der Waals surface area contributed by atoms with E-state index in [9.17, 15) is 4.79 Å². The molecule has 0 aliphatic carbocycles. The van der Waals surface area contributed by atoms with Gasteiger partial charge in [-0.1, -0.05) is 19.0 Å². The molecule has 0 radical (unpaired) electrons. The molecule has 1 saturated heterocycles. The number of likely N-dealkylation sites (tertiary alicyclic amines) is 1. The molecular weight excluding hydrogens is 320 g/mol. The Morgan fingerprint density at radius 1 is 1.32 bits per heavy atom. The third-order valence-corrected chi connectivity index (χ3v) is 4.23. The molecule has 25 heavy (non-hydrogen) atoms. The Hall–Kier alpha value is -2.28. The van der Waals surface area contributed by atoms with Gasteiger partial charge in [-0.15, -0.1) is 0 Å². The highest BCUT2D eigenvalue weighted by atomic mass is 16.5. The third kappa shape index (κ3) is 4.85. The molecule has 0 N–H and O–H groups in total. The largest absolute Gasteiger partial charge is 0.368 e. The normalized spacial score (nSPS) is 15.7. The summed E-state index contributed by atoms with van der Waals surface area (Å²) in [7, 11) is 0. The standard InChI is InChI=1S/C18H24N4O3/c1-13(2)11-17(23)22-9-5-15(6-10-22)24-12-16-20-18(21-25-16)14-3-7-19-8-4-14/h3-4,7-8,13,15H,5-6,9-12H2,1-2H3. The van der Waals surface area contributed by atoms with Crippen molar-refractivity contribution in [2.24, 2.45) is 5.92 Å². The molecule has 1 aliphatic heterocycles. The van der Waals surface area contributed by atoms with E-state index in [0.29, 0.717) is 30.7 Å². The molecule has 2 aromatic heterocycles. The summed E-state index contributed by atoms with van der Waals surface area (Å²) in [6, 6.07) is 3.67. The summed E-state index contributed by atoms with van der Waals surface area (Å²) in [6.07, 6.45) is 5.81.